The highest BCUT2D eigenvalue weighted by molar-refractivity contribution is 7.91. The van der Waals surface area contributed by atoms with E-state index in [4.69, 9.17) is 0 Å². The smallest absolute Gasteiger partial charge is 0.236 e. The highest BCUT2D eigenvalue weighted by atomic mass is 32.2. The minimum absolute atomic E-state index is 0.0313. The van der Waals surface area contributed by atoms with Crippen molar-refractivity contribution in [2.24, 2.45) is 0 Å². The van der Waals surface area contributed by atoms with E-state index in [9.17, 15) is 13.2 Å². The van der Waals surface area contributed by atoms with E-state index >= 15 is 0 Å². The van der Waals surface area contributed by atoms with Crippen LogP contribution < -0.4 is 0 Å². The van der Waals surface area contributed by atoms with Gasteiger partial charge in [0.15, 0.2) is 9.84 Å². The predicted octanol–water partition coefficient (Wildman–Crippen LogP) is 2.30. The molecule has 2 aliphatic heterocycles. The Bertz CT molecular complexity index is 974. The lowest BCUT2D eigenvalue weighted by molar-refractivity contribution is -0.133. The third-order valence-electron chi connectivity index (χ3n) is 6.45. The second-order valence-electron chi connectivity index (χ2n) is 8.32. The average molecular weight is 404 g/mol. The number of aromatic amines is 1. The monoisotopic (exact) mass is 403 g/mol. The summed E-state index contributed by atoms with van der Waals surface area (Å²) in [7, 11) is -1.23. The van der Waals surface area contributed by atoms with E-state index in [1.165, 1.54) is 22.2 Å². The maximum absolute atomic E-state index is 12.6. The van der Waals surface area contributed by atoms with Crippen LogP contribution in [-0.4, -0.2) is 73.3 Å². The third kappa shape index (κ3) is 3.82. The van der Waals surface area contributed by atoms with Crippen LogP contribution in [0.2, 0.25) is 0 Å². The molecule has 0 spiro atoms. The number of likely N-dealkylation sites (tertiary alicyclic amines) is 1. The van der Waals surface area contributed by atoms with E-state index in [2.05, 4.69) is 41.1 Å². The Hall–Kier alpha value is -1.86. The van der Waals surface area contributed by atoms with Crippen LogP contribution in [0, 0.1) is 6.92 Å². The van der Waals surface area contributed by atoms with Crippen LogP contribution >= 0.6 is 0 Å². The van der Waals surface area contributed by atoms with Crippen LogP contribution in [0.3, 0.4) is 0 Å². The Balaban J connectivity index is 1.35. The minimum atomic E-state index is -2.97. The average Bonchev–Trinajstić information content (AvgIpc) is 3.20. The lowest BCUT2D eigenvalue weighted by Gasteiger charge is -2.33. The Morgan fingerprint density at radius 3 is 2.61 bits per heavy atom. The van der Waals surface area contributed by atoms with Crippen molar-refractivity contribution >= 4 is 26.6 Å². The summed E-state index contributed by atoms with van der Waals surface area (Å²) in [5.41, 5.74) is 3.87. The molecule has 1 aromatic carbocycles. The van der Waals surface area contributed by atoms with Gasteiger partial charge in [-0.05, 0) is 56.8 Å². The van der Waals surface area contributed by atoms with Crippen molar-refractivity contribution in [2.45, 2.75) is 38.1 Å². The fourth-order valence-corrected chi connectivity index (χ4v) is 6.57. The number of sulfone groups is 1. The fourth-order valence-electron chi connectivity index (χ4n) is 4.79. The van der Waals surface area contributed by atoms with Gasteiger partial charge in [0.05, 0.1) is 18.1 Å². The fraction of sp³-hybridized carbons (Fsp3) is 0.571. The summed E-state index contributed by atoms with van der Waals surface area (Å²) in [6.07, 6.45) is 2.64. The summed E-state index contributed by atoms with van der Waals surface area (Å²) in [4.78, 5) is 20.0. The maximum Gasteiger partial charge on any atom is 0.236 e. The van der Waals surface area contributed by atoms with Crippen LogP contribution in [0.1, 0.15) is 36.4 Å². The summed E-state index contributed by atoms with van der Waals surface area (Å²) in [6, 6.07) is 8.30. The van der Waals surface area contributed by atoms with Crippen molar-refractivity contribution in [2.75, 3.05) is 38.2 Å². The standard InChI is InChI=1S/C21H29N3O3S/c1-15-21(18-5-3-4-6-19(18)22-15)16-7-10-24(11-8-16)13-20(25)23(2)17-9-12-28(26,27)14-17/h3-6,16-17,22H,7-14H2,1-2H3. The zero-order valence-corrected chi connectivity index (χ0v) is 17.5. The zero-order chi connectivity index (χ0) is 19.9. The number of hydrogen-bond acceptors (Lipinski definition) is 4. The molecule has 1 unspecified atom stereocenters. The van der Waals surface area contributed by atoms with Crippen molar-refractivity contribution in [3.05, 3.63) is 35.5 Å². The summed E-state index contributed by atoms with van der Waals surface area (Å²) in [5.74, 6) is 0.853. The Morgan fingerprint density at radius 2 is 1.93 bits per heavy atom. The first-order valence-corrected chi connectivity index (χ1v) is 11.9. The first kappa shape index (κ1) is 19.5. The number of carbonyl (C=O) groups is 1. The van der Waals surface area contributed by atoms with Crippen LogP contribution in [0.5, 0.6) is 0 Å². The third-order valence-corrected chi connectivity index (χ3v) is 8.20. The van der Waals surface area contributed by atoms with Crippen LogP contribution in [0.4, 0.5) is 0 Å². The van der Waals surface area contributed by atoms with Crippen LogP contribution in [0.25, 0.3) is 10.9 Å². The molecule has 1 aromatic heterocycles. The molecule has 7 heteroatoms. The zero-order valence-electron chi connectivity index (χ0n) is 16.6. The SMILES string of the molecule is Cc1[nH]c2ccccc2c1C1CCN(CC(=O)N(C)C2CCS(=O)(=O)C2)CC1. The molecule has 0 bridgehead atoms. The van der Waals surface area contributed by atoms with Crippen molar-refractivity contribution in [1.29, 1.82) is 0 Å². The van der Waals surface area contributed by atoms with Gasteiger partial charge < -0.3 is 9.88 Å². The van der Waals surface area contributed by atoms with E-state index in [-0.39, 0.29) is 23.5 Å². The number of amides is 1. The van der Waals surface area contributed by atoms with Gasteiger partial charge in [-0.2, -0.15) is 0 Å². The number of H-pyrrole nitrogens is 1. The molecule has 1 amide bonds. The second kappa shape index (κ2) is 7.52. The molecule has 3 heterocycles. The first-order valence-electron chi connectivity index (χ1n) is 10.1. The Kier molecular flexibility index (Phi) is 5.22. The topological polar surface area (TPSA) is 73.5 Å². The van der Waals surface area contributed by atoms with Gasteiger partial charge in [-0.1, -0.05) is 18.2 Å². The molecule has 2 saturated heterocycles. The number of aryl methyl sites for hydroxylation is 1. The van der Waals surface area contributed by atoms with Crippen LogP contribution in [0.15, 0.2) is 24.3 Å². The molecule has 0 aliphatic carbocycles. The van der Waals surface area contributed by atoms with Gasteiger partial charge >= 0.3 is 0 Å². The van der Waals surface area contributed by atoms with E-state index in [1.807, 2.05) is 0 Å². The predicted molar refractivity (Wildman–Crippen MR) is 111 cm³/mol. The van der Waals surface area contributed by atoms with Crippen molar-refractivity contribution in [3.63, 3.8) is 0 Å². The highest BCUT2D eigenvalue weighted by Crippen LogP contribution is 2.35. The largest absolute Gasteiger partial charge is 0.358 e. The van der Waals surface area contributed by atoms with Crippen molar-refractivity contribution in [3.8, 4) is 0 Å². The number of fused-ring (bicyclic) bond motifs is 1. The number of nitrogens with zero attached hydrogens (tertiary/aromatic N) is 2. The van der Waals surface area contributed by atoms with Crippen molar-refractivity contribution < 1.29 is 13.2 Å². The molecule has 2 aliphatic rings. The highest BCUT2D eigenvalue weighted by Gasteiger charge is 2.33. The Morgan fingerprint density at radius 1 is 1.21 bits per heavy atom. The summed E-state index contributed by atoms with van der Waals surface area (Å²) >= 11 is 0. The molecule has 4 rings (SSSR count). The molecule has 28 heavy (non-hydrogen) atoms. The number of hydrogen-bond donors (Lipinski definition) is 1. The number of carbonyl (C=O) groups excluding carboxylic acids is 1. The van der Waals surface area contributed by atoms with Gasteiger partial charge in [0.1, 0.15) is 0 Å². The summed E-state index contributed by atoms with van der Waals surface area (Å²) in [5, 5.41) is 1.32. The van der Waals surface area contributed by atoms with Gasteiger partial charge in [-0.3, -0.25) is 9.69 Å². The van der Waals surface area contributed by atoms with Gasteiger partial charge in [0.2, 0.25) is 5.91 Å². The first-order chi connectivity index (χ1) is 13.3. The number of piperidine rings is 1. The lowest BCUT2D eigenvalue weighted by atomic mass is 9.87. The minimum Gasteiger partial charge on any atom is -0.358 e. The maximum atomic E-state index is 12.6. The number of benzene rings is 1. The van der Waals surface area contributed by atoms with Gasteiger partial charge in [-0.25, -0.2) is 8.42 Å². The van der Waals surface area contributed by atoms with E-state index in [1.54, 1.807) is 11.9 Å². The molecular weight excluding hydrogens is 374 g/mol. The van der Waals surface area contributed by atoms with Crippen molar-refractivity contribution in [1.82, 2.24) is 14.8 Å². The molecule has 0 radical (unpaired) electrons. The second-order valence-corrected chi connectivity index (χ2v) is 10.5. The van der Waals surface area contributed by atoms with E-state index in [0.717, 1.165) is 25.9 Å². The number of aromatic nitrogens is 1. The van der Waals surface area contributed by atoms with Gasteiger partial charge in [0.25, 0.3) is 0 Å². The molecule has 0 saturated carbocycles. The molecule has 2 aromatic rings. The molecule has 6 nitrogen and oxygen atoms in total. The van der Waals surface area contributed by atoms with E-state index < -0.39 is 9.84 Å². The van der Waals surface area contributed by atoms with Crippen LogP contribution in [-0.2, 0) is 14.6 Å². The molecule has 152 valence electrons. The number of rotatable bonds is 4. The summed E-state index contributed by atoms with van der Waals surface area (Å²) in [6.45, 7) is 4.32. The van der Waals surface area contributed by atoms with Gasteiger partial charge in [-0.15, -0.1) is 0 Å². The molecule has 1 atom stereocenters. The Labute approximate surface area is 166 Å². The summed E-state index contributed by atoms with van der Waals surface area (Å²) < 4.78 is 23.4. The lowest BCUT2D eigenvalue weighted by Crippen LogP contribution is -2.45. The quantitative estimate of drug-likeness (QED) is 0.850. The number of likely N-dealkylation sites (N-methyl/N-ethyl adjacent to an activating group) is 1. The number of nitrogens with one attached hydrogen (secondary N) is 1. The molecule has 1 N–H and O–H groups in total. The molecule has 2 fully saturated rings. The van der Waals surface area contributed by atoms with Gasteiger partial charge in [0, 0.05) is 29.7 Å². The van der Waals surface area contributed by atoms with E-state index in [0.29, 0.717) is 18.9 Å². The normalized spacial score (nSPS) is 23.3. The number of para-hydroxylation sites is 1. The molecular formula is C21H29N3O3S.